The number of benzene rings is 2. The van der Waals surface area contributed by atoms with Gasteiger partial charge in [0.2, 0.25) is 15.9 Å². The highest BCUT2D eigenvalue weighted by atomic mass is 35.5. The third kappa shape index (κ3) is 4.39. The number of aryl methyl sites for hydroxylation is 2. The fourth-order valence-electron chi connectivity index (χ4n) is 2.91. The van der Waals surface area contributed by atoms with Gasteiger partial charge in [0.1, 0.15) is 4.90 Å². The molecule has 0 atom stereocenters. The number of carbonyl (C=O) groups excluding carboxylic acids is 1. The summed E-state index contributed by atoms with van der Waals surface area (Å²) in [5.74, 6) is -0.236. The molecule has 2 aromatic rings. The number of hydrogen-bond acceptors (Lipinski definition) is 3. The molecule has 0 spiro atoms. The van der Waals surface area contributed by atoms with Gasteiger partial charge in [0.25, 0.3) is 0 Å². The molecular weight excluding hydrogens is 360 g/mol. The molecule has 0 fully saturated rings. The molecule has 1 aliphatic rings. The van der Waals surface area contributed by atoms with Crippen LogP contribution < -0.4 is 10.0 Å². The summed E-state index contributed by atoms with van der Waals surface area (Å²) in [6.45, 7) is 0.00430. The Balaban J connectivity index is 1.53. The van der Waals surface area contributed by atoms with Gasteiger partial charge in [0, 0.05) is 18.7 Å². The van der Waals surface area contributed by atoms with E-state index in [2.05, 4.69) is 10.0 Å². The summed E-state index contributed by atoms with van der Waals surface area (Å²) in [6.07, 6.45) is 3.32. The van der Waals surface area contributed by atoms with Gasteiger partial charge in [-0.15, -0.1) is 0 Å². The molecule has 0 saturated carbocycles. The molecule has 132 valence electrons. The molecule has 2 aromatic carbocycles. The molecular formula is C18H19ClN2O3S. The third-order valence-corrected chi connectivity index (χ3v) is 6.11. The Hall–Kier alpha value is -1.89. The second-order valence-electron chi connectivity index (χ2n) is 5.96. The van der Waals surface area contributed by atoms with Gasteiger partial charge in [-0.25, -0.2) is 13.1 Å². The van der Waals surface area contributed by atoms with Crippen molar-refractivity contribution < 1.29 is 13.2 Å². The largest absolute Gasteiger partial charge is 0.326 e. The minimum Gasteiger partial charge on any atom is -0.326 e. The summed E-state index contributed by atoms with van der Waals surface area (Å²) in [5, 5.41) is 2.96. The van der Waals surface area contributed by atoms with E-state index < -0.39 is 10.0 Å². The average molecular weight is 379 g/mol. The molecule has 2 N–H and O–H groups in total. The first-order valence-corrected chi connectivity index (χ1v) is 9.98. The van der Waals surface area contributed by atoms with Crippen molar-refractivity contribution in [3.63, 3.8) is 0 Å². The van der Waals surface area contributed by atoms with Crippen LogP contribution in [0.2, 0.25) is 5.02 Å². The Morgan fingerprint density at radius 2 is 1.84 bits per heavy atom. The molecule has 0 unspecified atom stereocenters. The van der Waals surface area contributed by atoms with E-state index in [1.807, 2.05) is 18.2 Å². The number of rotatable bonds is 6. The van der Waals surface area contributed by atoms with Gasteiger partial charge in [-0.05, 0) is 54.7 Å². The predicted molar refractivity (Wildman–Crippen MR) is 98.4 cm³/mol. The summed E-state index contributed by atoms with van der Waals surface area (Å²) < 4.78 is 26.8. The van der Waals surface area contributed by atoms with Gasteiger partial charge in [0.05, 0.1) is 5.02 Å². The Morgan fingerprint density at radius 1 is 1.08 bits per heavy atom. The number of sulfonamides is 1. The summed E-state index contributed by atoms with van der Waals surface area (Å²) >= 11 is 5.91. The number of halogens is 1. The number of nitrogens with one attached hydrogen (secondary N) is 2. The summed E-state index contributed by atoms with van der Waals surface area (Å²) in [4.78, 5) is 12.0. The van der Waals surface area contributed by atoms with Crippen LogP contribution in [0.4, 0.5) is 5.69 Å². The van der Waals surface area contributed by atoms with Crippen molar-refractivity contribution in [2.45, 2.75) is 30.6 Å². The average Bonchev–Trinajstić information content (AvgIpc) is 3.02. The lowest BCUT2D eigenvalue weighted by atomic mass is 10.1. The van der Waals surface area contributed by atoms with Crippen LogP contribution >= 0.6 is 11.6 Å². The molecule has 25 heavy (non-hydrogen) atoms. The SMILES string of the molecule is O=C(CCNS(=O)(=O)c1ccccc1Cl)Nc1ccc2c(c1)CCC2. The fourth-order valence-corrected chi connectivity index (χ4v) is 4.46. The van der Waals surface area contributed by atoms with Crippen LogP contribution in [0.5, 0.6) is 0 Å². The van der Waals surface area contributed by atoms with Crippen LogP contribution in [0.25, 0.3) is 0 Å². The van der Waals surface area contributed by atoms with E-state index in [0.717, 1.165) is 24.9 Å². The lowest BCUT2D eigenvalue weighted by Gasteiger charge is -2.09. The molecule has 0 bridgehead atoms. The normalized spacial score (nSPS) is 13.5. The maximum atomic E-state index is 12.2. The van der Waals surface area contributed by atoms with Crippen molar-refractivity contribution in [2.24, 2.45) is 0 Å². The zero-order chi connectivity index (χ0) is 17.9. The quantitative estimate of drug-likeness (QED) is 0.810. The second-order valence-corrected chi connectivity index (χ2v) is 8.11. The highest BCUT2D eigenvalue weighted by Crippen LogP contribution is 2.25. The monoisotopic (exact) mass is 378 g/mol. The highest BCUT2D eigenvalue weighted by molar-refractivity contribution is 7.89. The molecule has 0 heterocycles. The van der Waals surface area contributed by atoms with Crippen molar-refractivity contribution in [3.8, 4) is 0 Å². The van der Waals surface area contributed by atoms with Gasteiger partial charge < -0.3 is 5.32 Å². The Bertz CT molecular complexity index is 897. The Kier molecular flexibility index (Phi) is 5.42. The third-order valence-electron chi connectivity index (χ3n) is 4.15. The standard InChI is InChI=1S/C18H19ClN2O3S/c19-16-6-1-2-7-17(16)25(23,24)20-11-10-18(22)21-15-9-8-13-4-3-5-14(13)12-15/h1-2,6-9,12,20H,3-5,10-11H2,(H,21,22). The van der Waals surface area contributed by atoms with Crippen LogP contribution in [0, 0.1) is 0 Å². The Labute approximate surface area is 152 Å². The van der Waals surface area contributed by atoms with E-state index in [9.17, 15) is 13.2 Å². The van der Waals surface area contributed by atoms with Crippen LogP contribution in [0.15, 0.2) is 47.4 Å². The number of hydrogen-bond donors (Lipinski definition) is 2. The minimum atomic E-state index is -3.73. The molecule has 0 saturated heterocycles. The van der Waals surface area contributed by atoms with Crippen molar-refractivity contribution in [2.75, 3.05) is 11.9 Å². The van der Waals surface area contributed by atoms with Gasteiger partial charge >= 0.3 is 0 Å². The van der Waals surface area contributed by atoms with Gasteiger partial charge in [-0.1, -0.05) is 29.8 Å². The highest BCUT2D eigenvalue weighted by Gasteiger charge is 2.17. The zero-order valence-corrected chi connectivity index (χ0v) is 15.2. The fraction of sp³-hybridized carbons (Fsp3) is 0.278. The molecule has 7 heteroatoms. The summed E-state index contributed by atoms with van der Waals surface area (Å²) in [7, 11) is -3.73. The van der Waals surface area contributed by atoms with Crippen LogP contribution in [-0.4, -0.2) is 20.9 Å². The van der Waals surface area contributed by atoms with E-state index in [4.69, 9.17) is 11.6 Å². The molecule has 0 aliphatic heterocycles. The van der Waals surface area contributed by atoms with E-state index in [0.29, 0.717) is 0 Å². The maximum Gasteiger partial charge on any atom is 0.242 e. The van der Waals surface area contributed by atoms with E-state index in [1.165, 1.54) is 23.3 Å². The smallest absolute Gasteiger partial charge is 0.242 e. The first-order valence-electron chi connectivity index (χ1n) is 8.11. The topological polar surface area (TPSA) is 75.3 Å². The van der Waals surface area contributed by atoms with Crippen LogP contribution in [0.1, 0.15) is 24.0 Å². The molecule has 3 rings (SSSR count). The summed E-state index contributed by atoms with van der Waals surface area (Å²) in [6, 6.07) is 12.1. The van der Waals surface area contributed by atoms with Crippen molar-refractivity contribution >= 4 is 33.2 Å². The molecule has 5 nitrogen and oxygen atoms in total. The predicted octanol–water partition coefficient (Wildman–Crippen LogP) is 3.14. The number of carbonyl (C=O) groups is 1. The van der Waals surface area contributed by atoms with E-state index in [1.54, 1.807) is 12.1 Å². The van der Waals surface area contributed by atoms with Gasteiger partial charge in [-0.2, -0.15) is 0 Å². The van der Waals surface area contributed by atoms with Gasteiger partial charge in [-0.3, -0.25) is 4.79 Å². The lowest BCUT2D eigenvalue weighted by Crippen LogP contribution is -2.28. The molecule has 0 aromatic heterocycles. The first kappa shape index (κ1) is 17.9. The number of amides is 1. The van der Waals surface area contributed by atoms with Crippen LogP contribution in [-0.2, 0) is 27.7 Å². The lowest BCUT2D eigenvalue weighted by molar-refractivity contribution is -0.116. The zero-order valence-electron chi connectivity index (χ0n) is 13.6. The van der Waals surface area contributed by atoms with Crippen LogP contribution in [0.3, 0.4) is 0 Å². The minimum absolute atomic E-state index is 0.00430. The molecule has 1 aliphatic carbocycles. The van der Waals surface area contributed by atoms with Crippen molar-refractivity contribution in [1.29, 1.82) is 0 Å². The first-order chi connectivity index (χ1) is 12.0. The Morgan fingerprint density at radius 3 is 2.64 bits per heavy atom. The van der Waals surface area contributed by atoms with E-state index in [-0.39, 0.29) is 28.8 Å². The number of fused-ring (bicyclic) bond motifs is 1. The van der Waals surface area contributed by atoms with Crippen molar-refractivity contribution in [3.05, 3.63) is 58.6 Å². The van der Waals surface area contributed by atoms with Crippen molar-refractivity contribution in [1.82, 2.24) is 4.72 Å². The van der Waals surface area contributed by atoms with E-state index >= 15 is 0 Å². The van der Waals surface area contributed by atoms with Gasteiger partial charge in [0.15, 0.2) is 0 Å². The molecule has 1 amide bonds. The maximum absolute atomic E-state index is 12.2. The number of anilines is 1. The molecule has 0 radical (unpaired) electrons. The second kappa shape index (κ2) is 7.56. The summed E-state index contributed by atoms with van der Waals surface area (Å²) in [5.41, 5.74) is 3.36.